The summed E-state index contributed by atoms with van der Waals surface area (Å²) in [6, 6.07) is 1.19. The van der Waals surface area contributed by atoms with Crippen LogP contribution in [-0.2, 0) is 25.2 Å². The van der Waals surface area contributed by atoms with Crippen molar-refractivity contribution < 1.29 is 43.0 Å². The zero-order chi connectivity index (χ0) is 36.1. The van der Waals surface area contributed by atoms with E-state index in [1.807, 2.05) is 39.0 Å². The van der Waals surface area contributed by atoms with E-state index >= 15 is 4.79 Å². The second kappa shape index (κ2) is 13.8. The van der Waals surface area contributed by atoms with Crippen molar-refractivity contribution in [3.63, 3.8) is 0 Å². The Balaban J connectivity index is 1.77. The molecule has 0 aromatic heterocycles. The van der Waals surface area contributed by atoms with Crippen LogP contribution in [0.5, 0.6) is 11.5 Å². The summed E-state index contributed by atoms with van der Waals surface area (Å²) in [6.45, 7) is 15.1. The van der Waals surface area contributed by atoms with Crippen LogP contribution >= 0.6 is 0 Å². The molecule has 4 aliphatic rings. The minimum Gasteiger partial charge on any atom is -0.508 e. The summed E-state index contributed by atoms with van der Waals surface area (Å²) in [4.78, 5) is 50.6. The number of hydrogen-bond donors (Lipinski definition) is 1. The van der Waals surface area contributed by atoms with Crippen LogP contribution < -0.4 is 9.47 Å². The number of Topliss-reactive ketones (excluding diaryl/α,β-unsaturated/α-hetero) is 2. The van der Waals surface area contributed by atoms with Gasteiger partial charge >= 0.3 is 0 Å². The molecule has 1 N–H and O–H groups in total. The van der Waals surface area contributed by atoms with E-state index in [0.29, 0.717) is 43.7 Å². The lowest BCUT2D eigenvalue weighted by Gasteiger charge is -2.57. The SMILES string of the molecule is CCCCOC1=NOC2C1C(=O)[C@@]1(O[Si](C)(C)C(C)(C)C)C(O)=C3C(=O)c4c(c(OC)cc(C=O)c4OCCCC)C[C@H]3C[C@H]1[C@@H]2N(C)C. The molecule has 3 aliphatic carbocycles. The smallest absolute Gasteiger partial charge is 0.240 e. The summed E-state index contributed by atoms with van der Waals surface area (Å²) >= 11 is 0. The third-order valence-corrected chi connectivity index (χ3v) is 15.7. The number of carbonyl (C=O) groups excluding carboxylic acids is 3. The van der Waals surface area contributed by atoms with Crippen molar-refractivity contribution in [2.24, 2.45) is 22.9 Å². The normalized spacial score (nSPS) is 27.9. The average molecular weight is 699 g/mol. The van der Waals surface area contributed by atoms with Crippen LogP contribution in [0.4, 0.5) is 0 Å². The van der Waals surface area contributed by atoms with Gasteiger partial charge in [-0.15, -0.1) is 0 Å². The number of benzene rings is 1. The number of oxime groups is 1. The number of rotatable bonds is 12. The van der Waals surface area contributed by atoms with E-state index in [-0.39, 0.29) is 39.1 Å². The Morgan fingerprint density at radius 2 is 1.78 bits per heavy atom. The Hall–Kier alpha value is -3.22. The van der Waals surface area contributed by atoms with Crippen LogP contribution in [0.1, 0.15) is 93.0 Å². The Morgan fingerprint density at radius 1 is 1.12 bits per heavy atom. The number of ketones is 2. The number of allylic oxidation sites excluding steroid dienone is 1. The van der Waals surface area contributed by atoms with E-state index in [1.165, 1.54) is 7.11 Å². The molecule has 2 unspecified atom stereocenters. The van der Waals surface area contributed by atoms with Gasteiger partial charge in [0.15, 0.2) is 37.9 Å². The van der Waals surface area contributed by atoms with Crippen LogP contribution in [0.3, 0.4) is 0 Å². The number of hydrogen-bond acceptors (Lipinski definition) is 11. The van der Waals surface area contributed by atoms with Gasteiger partial charge in [-0.25, -0.2) is 0 Å². The first-order valence-corrected chi connectivity index (χ1v) is 20.6. The summed E-state index contributed by atoms with van der Waals surface area (Å²) in [5.74, 6) is -2.47. The lowest BCUT2D eigenvalue weighted by atomic mass is 9.56. The Labute approximate surface area is 291 Å². The molecule has 0 saturated heterocycles. The molecule has 6 atom stereocenters. The molecule has 1 fully saturated rings. The molecule has 1 aromatic rings. The summed E-state index contributed by atoms with van der Waals surface area (Å²) in [6.07, 6.45) is 3.95. The van der Waals surface area contributed by atoms with E-state index < -0.39 is 55.4 Å². The van der Waals surface area contributed by atoms with Gasteiger partial charge in [-0.1, -0.05) is 52.6 Å². The highest BCUT2D eigenvalue weighted by Crippen LogP contribution is 2.58. The molecule has 12 heteroatoms. The predicted octanol–water partition coefficient (Wildman–Crippen LogP) is 6.29. The number of aldehydes is 1. The molecule has 1 aliphatic heterocycles. The van der Waals surface area contributed by atoms with Crippen LogP contribution in [0.15, 0.2) is 22.6 Å². The highest BCUT2D eigenvalue weighted by molar-refractivity contribution is 6.74. The third-order valence-electron chi connectivity index (χ3n) is 11.3. The van der Waals surface area contributed by atoms with Gasteiger partial charge in [-0.2, -0.15) is 0 Å². The lowest BCUT2D eigenvalue weighted by Crippen LogP contribution is -2.72. The highest BCUT2D eigenvalue weighted by atomic mass is 28.4. The molecule has 0 bridgehead atoms. The van der Waals surface area contributed by atoms with Crippen LogP contribution in [0, 0.1) is 17.8 Å². The Bertz CT molecular complexity index is 1540. The summed E-state index contributed by atoms with van der Waals surface area (Å²) in [7, 11) is 2.53. The fraction of sp³-hybridized carbons (Fsp3) is 0.676. The number of ether oxygens (including phenoxy) is 3. The summed E-state index contributed by atoms with van der Waals surface area (Å²) < 4.78 is 25.2. The van der Waals surface area contributed by atoms with E-state index in [9.17, 15) is 14.7 Å². The summed E-state index contributed by atoms with van der Waals surface area (Å²) in [5, 5.41) is 16.7. The largest absolute Gasteiger partial charge is 0.508 e. The highest BCUT2D eigenvalue weighted by Gasteiger charge is 2.71. The molecule has 1 saturated carbocycles. The third kappa shape index (κ3) is 6.01. The van der Waals surface area contributed by atoms with Crippen molar-refractivity contribution >= 4 is 32.1 Å². The maximum absolute atomic E-state index is 15.3. The maximum atomic E-state index is 15.3. The first kappa shape index (κ1) is 37.0. The fourth-order valence-electron chi connectivity index (χ4n) is 7.76. The number of aliphatic hydroxyl groups is 1. The van der Waals surface area contributed by atoms with Gasteiger partial charge in [0, 0.05) is 17.1 Å². The molecule has 11 nitrogen and oxygen atoms in total. The van der Waals surface area contributed by atoms with Crippen molar-refractivity contribution in [3.05, 3.63) is 34.1 Å². The molecule has 1 aromatic carbocycles. The van der Waals surface area contributed by atoms with Gasteiger partial charge in [0.05, 0.1) is 37.5 Å². The number of nitrogens with zero attached hydrogens (tertiary/aromatic N) is 2. The molecule has 0 spiro atoms. The van der Waals surface area contributed by atoms with Crippen molar-refractivity contribution in [1.29, 1.82) is 0 Å². The number of aliphatic hydroxyl groups excluding tert-OH is 1. The number of carbonyl (C=O) groups is 3. The zero-order valence-corrected chi connectivity index (χ0v) is 31.8. The van der Waals surface area contributed by atoms with Crippen LogP contribution in [0.25, 0.3) is 0 Å². The minimum atomic E-state index is -2.82. The quantitative estimate of drug-likeness (QED) is 0.151. The molecule has 1 heterocycles. The molecule has 0 amide bonds. The molecule has 49 heavy (non-hydrogen) atoms. The maximum Gasteiger partial charge on any atom is 0.240 e. The molecule has 5 rings (SSSR count). The van der Waals surface area contributed by atoms with E-state index in [2.05, 4.69) is 32.9 Å². The monoisotopic (exact) mass is 698 g/mol. The first-order chi connectivity index (χ1) is 23.1. The molecular weight excluding hydrogens is 644 g/mol. The van der Waals surface area contributed by atoms with Crippen molar-refractivity contribution in [1.82, 2.24) is 4.90 Å². The topological polar surface area (TPSA) is 133 Å². The van der Waals surface area contributed by atoms with Crippen molar-refractivity contribution in [3.8, 4) is 11.5 Å². The van der Waals surface area contributed by atoms with Gasteiger partial charge in [-0.3, -0.25) is 14.4 Å². The zero-order valence-electron chi connectivity index (χ0n) is 30.8. The first-order valence-electron chi connectivity index (χ1n) is 17.7. The van der Waals surface area contributed by atoms with Gasteiger partial charge in [-0.05, 0) is 69.9 Å². The second-order valence-electron chi connectivity index (χ2n) is 15.6. The molecule has 270 valence electrons. The van der Waals surface area contributed by atoms with E-state index in [4.69, 9.17) is 23.5 Å². The second-order valence-corrected chi connectivity index (χ2v) is 20.3. The van der Waals surface area contributed by atoms with Crippen LogP contribution in [-0.4, -0.2) is 94.2 Å². The van der Waals surface area contributed by atoms with Gasteiger partial charge in [0.2, 0.25) is 5.90 Å². The van der Waals surface area contributed by atoms with Crippen molar-refractivity contribution in [2.75, 3.05) is 34.4 Å². The summed E-state index contributed by atoms with van der Waals surface area (Å²) in [5.41, 5.74) is -0.733. The fourth-order valence-corrected chi connectivity index (χ4v) is 9.22. The predicted molar refractivity (Wildman–Crippen MR) is 188 cm³/mol. The molecule has 0 radical (unpaired) electrons. The van der Waals surface area contributed by atoms with Gasteiger partial charge in [0.1, 0.15) is 23.2 Å². The minimum absolute atomic E-state index is 0.126. The number of fused-ring (bicyclic) bond motifs is 4. The lowest BCUT2D eigenvalue weighted by molar-refractivity contribution is -0.170. The average Bonchev–Trinajstić information content (AvgIpc) is 3.45. The van der Waals surface area contributed by atoms with Gasteiger partial charge < -0.3 is 33.5 Å². The van der Waals surface area contributed by atoms with Gasteiger partial charge in [0.25, 0.3) is 0 Å². The number of methoxy groups -OCH3 is 1. The Kier molecular flexibility index (Phi) is 10.5. The number of unbranched alkanes of at least 4 members (excludes halogenated alkanes) is 2. The van der Waals surface area contributed by atoms with E-state index in [0.717, 1.165) is 25.7 Å². The number of likely N-dealkylation sites (N-methyl/N-ethyl adjacent to an activating group) is 1. The molecular formula is C37H54N2O9Si. The van der Waals surface area contributed by atoms with E-state index in [1.54, 1.807) is 6.07 Å². The Morgan fingerprint density at radius 3 is 2.35 bits per heavy atom. The van der Waals surface area contributed by atoms with Crippen LogP contribution in [0.2, 0.25) is 18.1 Å². The van der Waals surface area contributed by atoms with Crippen molar-refractivity contribution in [2.45, 2.75) is 109 Å². The standard InChI is InChI=1S/C37H54N2O9Si/c1-11-13-15-45-31-22(20-40)19-25(44-8)23-17-21-18-24-29(39(6)7)32-28(35(38-47-32)46-16-14-12-2)34(43)37(24,48-49(9,10)36(3,4)5)33(42)26(21)30(41)27(23)31/h19-21,24,28-29,32,42H,11-18H2,1-10H3/t21-,24-,28?,29-,32?,37-/m0/s1.